The van der Waals surface area contributed by atoms with Gasteiger partial charge >= 0.3 is 0 Å². The Morgan fingerprint density at radius 2 is 2.14 bits per heavy atom. The first-order chi connectivity index (χ1) is 10.5. The average molecular weight is 340 g/mol. The molecule has 0 saturated carbocycles. The van der Waals surface area contributed by atoms with E-state index in [0.717, 1.165) is 30.0 Å². The zero-order chi connectivity index (χ0) is 15.7. The minimum Gasteiger partial charge on any atom is -0.298 e. The van der Waals surface area contributed by atoms with E-state index in [0.29, 0.717) is 23.3 Å². The van der Waals surface area contributed by atoms with Crippen molar-refractivity contribution in [2.24, 2.45) is 0 Å². The molecule has 1 fully saturated rings. The van der Waals surface area contributed by atoms with Crippen LogP contribution in [0.3, 0.4) is 0 Å². The average Bonchev–Trinajstić information content (AvgIpc) is 2.49. The number of rotatable bonds is 3. The number of hydrogen-bond acceptors (Lipinski definition) is 4. The fourth-order valence-electron chi connectivity index (χ4n) is 2.81. The van der Waals surface area contributed by atoms with Crippen molar-refractivity contribution in [3.63, 3.8) is 0 Å². The molecular formula is C15H18ClN3O2S. The summed E-state index contributed by atoms with van der Waals surface area (Å²) >= 11 is 5.91. The molecule has 0 bridgehead atoms. The molecule has 0 N–H and O–H groups in total. The van der Waals surface area contributed by atoms with Crippen molar-refractivity contribution in [1.82, 2.24) is 14.3 Å². The van der Waals surface area contributed by atoms with Crippen LogP contribution in [0.2, 0.25) is 5.02 Å². The van der Waals surface area contributed by atoms with Gasteiger partial charge in [0, 0.05) is 47.2 Å². The fraction of sp³-hybridized carbons (Fsp3) is 0.467. The molecule has 1 aliphatic rings. The summed E-state index contributed by atoms with van der Waals surface area (Å²) in [6, 6.07) is 5.44. The van der Waals surface area contributed by atoms with Crippen LogP contribution in [0.25, 0.3) is 5.65 Å². The monoisotopic (exact) mass is 339 g/mol. The van der Waals surface area contributed by atoms with Crippen LogP contribution >= 0.6 is 11.6 Å². The molecule has 118 valence electrons. The Labute approximate surface area is 136 Å². The van der Waals surface area contributed by atoms with Crippen molar-refractivity contribution in [3.05, 3.63) is 45.5 Å². The molecule has 1 aliphatic heterocycles. The zero-order valence-corrected chi connectivity index (χ0v) is 13.9. The minimum atomic E-state index is -0.657. The maximum Gasteiger partial charge on any atom is 0.258 e. The van der Waals surface area contributed by atoms with Gasteiger partial charge < -0.3 is 0 Å². The Balaban J connectivity index is 1.80. The number of fused-ring (bicyclic) bond motifs is 1. The van der Waals surface area contributed by atoms with Gasteiger partial charge in [-0.15, -0.1) is 0 Å². The van der Waals surface area contributed by atoms with E-state index in [-0.39, 0.29) is 5.56 Å². The predicted molar refractivity (Wildman–Crippen MR) is 88.8 cm³/mol. The highest BCUT2D eigenvalue weighted by atomic mass is 35.5. The normalized spacial score (nSPS) is 22.3. The SMILES string of the molecule is CN(Cc1cc(=O)n2cc(Cl)ccc2n1)C1CCS(=O)CC1. The lowest BCUT2D eigenvalue weighted by Gasteiger charge is -2.30. The third-order valence-electron chi connectivity index (χ3n) is 4.07. The fourth-order valence-corrected chi connectivity index (χ4v) is 4.25. The second kappa shape index (κ2) is 6.48. The van der Waals surface area contributed by atoms with Crippen LogP contribution in [0.15, 0.2) is 29.2 Å². The van der Waals surface area contributed by atoms with Gasteiger partial charge in [-0.2, -0.15) is 0 Å². The summed E-state index contributed by atoms with van der Waals surface area (Å²) in [5.41, 5.74) is 1.23. The standard InChI is InChI=1S/C15H18ClN3O2S/c1-18(13-4-6-22(21)7-5-13)10-12-8-15(20)19-9-11(16)2-3-14(19)17-12/h2-3,8-9,13H,4-7,10H2,1H3. The molecule has 0 atom stereocenters. The van der Waals surface area contributed by atoms with Gasteiger partial charge in [-0.1, -0.05) is 11.6 Å². The van der Waals surface area contributed by atoms with Gasteiger partial charge in [0.05, 0.1) is 10.7 Å². The van der Waals surface area contributed by atoms with Gasteiger partial charge in [0.1, 0.15) is 5.65 Å². The molecular weight excluding hydrogens is 322 g/mol. The molecule has 7 heteroatoms. The summed E-state index contributed by atoms with van der Waals surface area (Å²) in [6.45, 7) is 0.617. The molecule has 0 radical (unpaired) electrons. The van der Waals surface area contributed by atoms with Gasteiger partial charge in [-0.25, -0.2) is 4.98 Å². The van der Waals surface area contributed by atoms with Crippen LogP contribution in [0.4, 0.5) is 0 Å². The van der Waals surface area contributed by atoms with Gasteiger partial charge in [0.15, 0.2) is 0 Å². The quantitative estimate of drug-likeness (QED) is 0.854. The number of halogens is 1. The molecule has 0 spiro atoms. The molecule has 22 heavy (non-hydrogen) atoms. The lowest BCUT2D eigenvalue weighted by molar-refractivity contribution is 0.217. The smallest absolute Gasteiger partial charge is 0.258 e. The summed E-state index contributed by atoms with van der Waals surface area (Å²) < 4.78 is 12.9. The van der Waals surface area contributed by atoms with E-state index in [2.05, 4.69) is 9.88 Å². The molecule has 0 amide bonds. The lowest BCUT2D eigenvalue weighted by atomic mass is 10.1. The van der Waals surface area contributed by atoms with Crippen LogP contribution in [-0.4, -0.2) is 43.1 Å². The molecule has 0 unspecified atom stereocenters. The van der Waals surface area contributed by atoms with Crippen molar-refractivity contribution in [3.8, 4) is 0 Å². The largest absolute Gasteiger partial charge is 0.298 e. The van der Waals surface area contributed by atoms with E-state index in [1.54, 1.807) is 24.4 Å². The van der Waals surface area contributed by atoms with Gasteiger partial charge in [-0.05, 0) is 32.0 Å². The molecule has 2 aromatic rings. The molecule has 0 aromatic carbocycles. The van der Waals surface area contributed by atoms with Crippen molar-refractivity contribution in [1.29, 1.82) is 0 Å². The Hall–Kier alpha value is -1.24. The van der Waals surface area contributed by atoms with Crippen LogP contribution in [0.1, 0.15) is 18.5 Å². The first-order valence-corrected chi connectivity index (χ1v) is 9.12. The topological polar surface area (TPSA) is 54.7 Å². The van der Waals surface area contributed by atoms with Crippen LogP contribution in [0.5, 0.6) is 0 Å². The molecule has 2 aromatic heterocycles. The number of hydrogen-bond donors (Lipinski definition) is 0. The maximum atomic E-state index is 12.2. The highest BCUT2D eigenvalue weighted by Crippen LogP contribution is 2.16. The van der Waals surface area contributed by atoms with Gasteiger partial charge in [0.25, 0.3) is 5.56 Å². The van der Waals surface area contributed by atoms with E-state index in [1.165, 1.54) is 4.40 Å². The molecule has 0 aliphatic carbocycles. The number of nitrogens with zero attached hydrogens (tertiary/aromatic N) is 3. The van der Waals surface area contributed by atoms with Gasteiger partial charge in [0.2, 0.25) is 0 Å². The van der Waals surface area contributed by atoms with Crippen molar-refractivity contribution in [2.75, 3.05) is 18.6 Å². The second-order valence-corrected chi connectivity index (χ2v) is 7.79. The highest BCUT2D eigenvalue weighted by molar-refractivity contribution is 7.85. The van der Waals surface area contributed by atoms with E-state index in [4.69, 9.17) is 11.6 Å². The first-order valence-electron chi connectivity index (χ1n) is 7.26. The van der Waals surface area contributed by atoms with E-state index >= 15 is 0 Å². The summed E-state index contributed by atoms with van der Waals surface area (Å²) in [7, 11) is 1.38. The molecule has 3 rings (SSSR count). The summed E-state index contributed by atoms with van der Waals surface area (Å²) in [5.74, 6) is 1.53. The molecule has 5 nitrogen and oxygen atoms in total. The summed E-state index contributed by atoms with van der Waals surface area (Å²) in [5, 5.41) is 0.511. The van der Waals surface area contributed by atoms with E-state index in [9.17, 15) is 9.00 Å². The lowest BCUT2D eigenvalue weighted by Crippen LogP contribution is -2.37. The zero-order valence-electron chi connectivity index (χ0n) is 12.4. The van der Waals surface area contributed by atoms with Gasteiger partial charge in [-0.3, -0.25) is 18.3 Å². The van der Waals surface area contributed by atoms with Crippen LogP contribution in [0, 0.1) is 0 Å². The molecule has 1 saturated heterocycles. The highest BCUT2D eigenvalue weighted by Gasteiger charge is 2.22. The van der Waals surface area contributed by atoms with Crippen molar-refractivity contribution < 1.29 is 4.21 Å². The summed E-state index contributed by atoms with van der Waals surface area (Å²) in [4.78, 5) is 18.9. The number of aromatic nitrogens is 2. The Morgan fingerprint density at radius 3 is 2.86 bits per heavy atom. The van der Waals surface area contributed by atoms with Crippen LogP contribution in [-0.2, 0) is 17.3 Å². The van der Waals surface area contributed by atoms with E-state index in [1.807, 2.05) is 7.05 Å². The van der Waals surface area contributed by atoms with Crippen molar-refractivity contribution >= 4 is 28.0 Å². The van der Waals surface area contributed by atoms with E-state index < -0.39 is 10.8 Å². The molecule has 3 heterocycles. The minimum absolute atomic E-state index is 0.124. The Bertz CT molecular complexity index is 767. The van der Waals surface area contributed by atoms with Crippen LogP contribution < -0.4 is 5.56 Å². The number of pyridine rings is 1. The van der Waals surface area contributed by atoms with Crippen molar-refractivity contribution in [2.45, 2.75) is 25.4 Å². The predicted octanol–water partition coefficient (Wildman–Crippen LogP) is 1.69. The Kier molecular flexibility index (Phi) is 4.61. The maximum absolute atomic E-state index is 12.2. The second-order valence-electron chi connectivity index (χ2n) is 5.66. The first kappa shape index (κ1) is 15.6. The Morgan fingerprint density at radius 1 is 1.41 bits per heavy atom. The summed E-state index contributed by atoms with van der Waals surface area (Å²) in [6.07, 6.45) is 3.45. The third kappa shape index (κ3) is 3.39. The third-order valence-corrected chi connectivity index (χ3v) is 5.67.